The lowest BCUT2D eigenvalue weighted by Crippen LogP contribution is -2.39. The fourth-order valence-corrected chi connectivity index (χ4v) is 3.33. The standard InChI is InChI=1S/C26H35FN6O3.C2H7N/c1-8-22-26(32(5)6)31-25(23(16-34)30-22)29-20-13-19(27)14-21(15-20)36-12-10-11-28-17(3)18(4)33(7)24(35)9-2;1-3-2/h9,13-16,18,28H,2-3,8,10-12H2,1,4-7H3,(H,29,31);3H,1-2H3. The molecule has 1 heterocycles. The van der Waals surface area contributed by atoms with E-state index in [0.29, 0.717) is 60.9 Å². The monoisotopic (exact) mass is 543 g/mol. The number of nitrogens with one attached hydrogen (secondary N) is 3. The predicted molar refractivity (Wildman–Crippen MR) is 155 cm³/mol. The number of halogens is 1. The Morgan fingerprint density at radius 2 is 1.87 bits per heavy atom. The lowest BCUT2D eigenvalue weighted by atomic mass is 10.2. The first-order valence-corrected chi connectivity index (χ1v) is 12.7. The summed E-state index contributed by atoms with van der Waals surface area (Å²) in [5, 5.41) is 8.92. The number of nitrogens with zero attached hydrogens (tertiary/aromatic N) is 4. The van der Waals surface area contributed by atoms with Gasteiger partial charge in [-0.25, -0.2) is 14.4 Å². The molecular weight excluding hydrogens is 501 g/mol. The summed E-state index contributed by atoms with van der Waals surface area (Å²) in [5.41, 5.74) is 1.92. The van der Waals surface area contributed by atoms with Crippen LogP contribution in [0.5, 0.6) is 5.75 Å². The van der Waals surface area contributed by atoms with Gasteiger partial charge in [0, 0.05) is 51.2 Å². The van der Waals surface area contributed by atoms with E-state index in [4.69, 9.17) is 4.74 Å². The molecule has 1 unspecified atom stereocenters. The number of ether oxygens (including phenoxy) is 1. The third-order valence-corrected chi connectivity index (χ3v) is 5.53. The second-order valence-corrected chi connectivity index (χ2v) is 8.88. The highest BCUT2D eigenvalue weighted by Crippen LogP contribution is 2.26. The summed E-state index contributed by atoms with van der Waals surface area (Å²) in [5.74, 6) is 0.513. The van der Waals surface area contributed by atoms with Crippen molar-refractivity contribution in [3.8, 4) is 5.75 Å². The minimum Gasteiger partial charge on any atom is -0.493 e. The maximum atomic E-state index is 14.3. The average Bonchev–Trinajstić information content (AvgIpc) is 2.91. The zero-order valence-electron chi connectivity index (χ0n) is 24.1. The molecule has 3 N–H and O–H groups in total. The van der Waals surface area contributed by atoms with Crippen LogP contribution in [-0.2, 0) is 11.2 Å². The Hall–Kier alpha value is -3.99. The SMILES string of the molecule is C=CC(=O)N(C)C(C)C(=C)NCCCOc1cc(F)cc(Nc2nc(N(C)C)c(CC)nc2C=O)c1.CNC. The maximum absolute atomic E-state index is 14.3. The van der Waals surface area contributed by atoms with Crippen LogP contribution in [0.1, 0.15) is 36.5 Å². The van der Waals surface area contributed by atoms with E-state index in [1.807, 2.05) is 46.9 Å². The van der Waals surface area contributed by atoms with Gasteiger partial charge in [0.25, 0.3) is 0 Å². The quantitative estimate of drug-likeness (QED) is 0.187. The van der Waals surface area contributed by atoms with Crippen LogP contribution < -0.4 is 25.6 Å². The van der Waals surface area contributed by atoms with Gasteiger partial charge in [0.1, 0.15) is 17.3 Å². The van der Waals surface area contributed by atoms with Crippen molar-refractivity contribution in [1.29, 1.82) is 0 Å². The molecule has 0 aliphatic heterocycles. The van der Waals surface area contributed by atoms with Gasteiger partial charge in [0.05, 0.1) is 18.3 Å². The van der Waals surface area contributed by atoms with E-state index in [0.717, 1.165) is 0 Å². The molecule has 0 bridgehead atoms. The molecular formula is C28H42FN7O3. The highest BCUT2D eigenvalue weighted by molar-refractivity contribution is 5.87. The van der Waals surface area contributed by atoms with Crippen molar-refractivity contribution in [1.82, 2.24) is 25.5 Å². The summed E-state index contributed by atoms with van der Waals surface area (Å²) >= 11 is 0. The van der Waals surface area contributed by atoms with Crippen molar-refractivity contribution in [2.45, 2.75) is 32.7 Å². The van der Waals surface area contributed by atoms with Gasteiger partial charge in [0.15, 0.2) is 17.9 Å². The third-order valence-electron chi connectivity index (χ3n) is 5.53. The molecule has 0 spiro atoms. The van der Waals surface area contributed by atoms with Crippen LogP contribution in [-0.4, -0.2) is 81.5 Å². The molecule has 0 saturated heterocycles. The van der Waals surface area contributed by atoms with Gasteiger partial charge < -0.3 is 30.5 Å². The largest absolute Gasteiger partial charge is 0.493 e. The van der Waals surface area contributed by atoms with Crippen LogP contribution in [0, 0.1) is 5.82 Å². The molecule has 10 nitrogen and oxygen atoms in total. The zero-order chi connectivity index (χ0) is 29.5. The number of carbonyl (C=O) groups excluding carboxylic acids is 2. The number of anilines is 3. The number of carbonyl (C=O) groups is 2. The zero-order valence-corrected chi connectivity index (χ0v) is 24.1. The summed E-state index contributed by atoms with van der Waals surface area (Å²) in [4.78, 5) is 35.6. The van der Waals surface area contributed by atoms with Crippen LogP contribution in [0.25, 0.3) is 0 Å². The number of aromatic nitrogens is 2. The van der Waals surface area contributed by atoms with Crippen LogP contribution >= 0.6 is 0 Å². The van der Waals surface area contributed by atoms with Crippen molar-refractivity contribution in [3.05, 3.63) is 60.3 Å². The lowest BCUT2D eigenvalue weighted by Gasteiger charge is -2.26. The summed E-state index contributed by atoms with van der Waals surface area (Å²) in [7, 11) is 9.11. The van der Waals surface area contributed by atoms with E-state index in [2.05, 4.69) is 39.1 Å². The van der Waals surface area contributed by atoms with Gasteiger partial charge >= 0.3 is 0 Å². The molecule has 1 aromatic heterocycles. The lowest BCUT2D eigenvalue weighted by molar-refractivity contribution is -0.125. The second-order valence-electron chi connectivity index (χ2n) is 8.88. The van der Waals surface area contributed by atoms with E-state index in [9.17, 15) is 14.0 Å². The van der Waals surface area contributed by atoms with Crippen molar-refractivity contribution in [2.75, 3.05) is 58.6 Å². The summed E-state index contributed by atoms with van der Waals surface area (Å²) in [6, 6.07) is 4.01. The number of hydrogen-bond donors (Lipinski definition) is 3. The molecule has 0 aliphatic rings. The van der Waals surface area contributed by atoms with Gasteiger partial charge in [-0.3, -0.25) is 9.59 Å². The smallest absolute Gasteiger partial charge is 0.246 e. The van der Waals surface area contributed by atoms with Gasteiger partial charge in [-0.2, -0.15) is 0 Å². The molecule has 1 atom stereocenters. The molecule has 1 amide bonds. The highest BCUT2D eigenvalue weighted by Gasteiger charge is 2.16. The van der Waals surface area contributed by atoms with Crippen LogP contribution in [0.15, 0.2) is 43.1 Å². The second kappa shape index (κ2) is 16.8. The first-order chi connectivity index (χ1) is 18.5. The Balaban J connectivity index is 0.00000242. The van der Waals surface area contributed by atoms with Crippen LogP contribution in [0.4, 0.5) is 21.7 Å². The van der Waals surface area contributed by atoms with E-state index < -0.39 is 5.82 Å². The Labute approximate surface area is 231 Å². The number of amides is 1. The molecule has 0 fully saturated rings. The minimum absolute atomic E-state index is 0.144. The van der Waals surface area contributed by atoms with Crippen molar-refractivity contribution in [3.63, 3.8) is 0 Å². The van der Waals surface area contributed by atoms with Gasteiger partial charge in [-0.1, -0.05) is 20.1 Å². The Morgan fingerprint density at radius 1 is 1.21 bits per heavy atom. The number of aryl methyl sites for hydroxylation is 1. The topological polar surface area (TPSA) is 112 Å². The van der Waals surface area contributed by atoms with Gasteiger partial charge in [-0.15, -0.1) is 0 Å². The minimum atomic E-state index is -0.496. The van der Waals surface area contributed by atoms with Gasteiger partial charge in [-0.05, 0) is 46.0 Å². The van der Waals surface area contributed by atoms with Gasteiger partial charge in [0.2, 0.25) is 5.91 Å². The van der Waals surface area contributed by atoms with Crippen LogP contribution in [0.3, 0.4) is 0 Å². The molecule has 1 aromatic carbocycles. The number of benzene rings is 1. The van der Waals surface area contributed by atoms with Crippen molar-refractivity contribution < 1.29 is 18.7 Å². The van der Waals surface area contributed by atoms with Crippen LogP contribution in [0.2, 0.25) is 0 Å². The number of aldehydes is 1. The normalized spacial score (nSPS) is 10.9. The molecule has 214 valence electrons. The van der Waals surface area contributed by atoms with E-state index in [1.54, 1.807) is 13.1 Å². The number of likely N-dealkylation sites (N-methyl/N-ethyl adjacent to an activating group) is 1. The third kappa shape index (κ3) is 10.4. The Bertz CT molecular complexity index is 1120. The fourth-order valence-electron chi connectivity index (χ4n) is 3.33. The molecule has 2 rings (SSSR count). The van der Waals surface area contributed by atoms with Crippen molar-refractivity contribution in [2.24, 2.45) is 0 Å². The average molecular weight is 544 g/mol. The summed E-state index contributed by atoms with van der Waals surface area (Å²) < 4.78 is 20.0. The first kappa shape index (κ1) is 33.0. The van der Waals surface area contributed by atoms with Crippen molar-refractivity contribution >= 4 is 29.5 Å². The summed E-state index contributed by atoms with van der Waals surface area (Å²) in [6.45, 7) is 12.2. The first-order valence-electron chi connectivity index (χ1n) is 12.7. The number of hydrogen-bond acceptors (Lipinski definition) is 9. The Morgan fingerprint density at radius 3 is 2.44 bits per heavy atom. The molecule has 0 radical (unpaired) electrons. The number of rotatable bonds is 14. The molecule has 2 aromatic rings. The van der Waals surface area contributed by atoms with E-state index >= 15 is 0 Å². The highest BCUT2D eigenvalue weighted by atomic mass is 19.1. The predicted octanol–water partition coefficient (Wildman–Crippen LogP) is 3.54. The molecule has 0 aliphatic carbocycles. The van der Waals surface area contributed by atoms with E-state index in [-0.39, 0.29) is 23.5 Å². The molecule has 11 heteroatoms. The molecule has 0 saturated carbocycles. The summed E-state index contributed by atoms with van der Waals surface area (Å²) in [6.07, 6.45) is 3.12. The fraction of sp³-hybridized carbons (Fsp3) is 0.429. The molecule has 39 heavy (non-hydrogen) atoms. The van der Waals surface area contributed by atoms with E-state index in [1.165, 1.54) is 23.1 Å². The Kier molecular flexibility index (Phi) is 14.2. The maximum Gasteiger partial charge on any atom is 0.246 e.